The lowest BCUT2D eigenvalue weighted by atomic mass is 9.98. The minimum Gasteiger partial charge on any atom is -0.491 e. The van der Waals surface area contributed by atoms with Crippen LogP contribution in [0.1, 0.15) is 18.4 Å². The van der Waals surface area contributed by atoms with Gasteiger partial charge >= 0.3 is 0 Å². The number of aliphatic hydroxyl groups is 1. The molecule has 148 valence electrons. The molecule has 0 bridgehead atoms. The molecule has 2 aliphatic rings. The molecule has 1 aromatic rings. The molecule has 4 nitrogen and oxygen atoms in total. The van der Waals surface area contributed by atoms with Crippen molar-refractivity contribution in [3.8, 4) is 5.75 Å². The van der Waals surface area contributed by atoms with Crippen molar-refractivity contribution in [3.05, 3.63) is 53.6 Å². The maximum absolute atomic E-state index is 10.3. The van der Waals surface area contributed by atoms with Gasteiger partial charge in [0.2, 0.25) is 0 Å². The number of benzene rings is 1. The summed E-state index contributed by atoms with van der Waals surface area (Å²) in [4.78, 5) is 2.32. The van der Waals surface area contributed by atoms with Gasteiger partial charge < -0.3 is 14.6 Å². The summed E-state index contributed by atoms with van der Waals surface area (Å²) >= 11 is 1.98. The number of rotatable bonds is 9. The Labute approximate surface area is 167 Å². The van der Waals surface area contributed by atoms with Crippen molar-refractivity contribution >= 4 is 11.8 Å². The van der Waals surface area contributed by atoms with E-state index in [4.69, 9.17) is 9.47 Å². The lowest BCUT2D eigenvalue weighted by Crippen LogP contribution is -2.40. The van der Waals surface area contributed by atoms with Crippen LogP contribution in [0.4, 0.5) is 0 Å². The molecule has 1 aliphatic heterocycles. The van der Waals surface area contributed by atoms with Crippen molar-refractivity contribution in [2.45, 2.75) is 31.5 Å². The minimum absolute atomic E-state index is 0.194. The number of thioether (sulfide) groups is 1. The molecular weight excluding hydrogens is 358 g/mol. The zero-order valence-corrected chi connectivity index (χ0v) is 17.0. The average Bonchev–Trinajstić information content (AvgIpc) is 2.72. The van der Waals surface area contributed by atoms with Crippen LogP contribution in [-0.4, -0.2) is 67.1 Å². The normalized spacial score (nSPS) is 21.7. The summed E-state index contributed by atoms with van der Waals surface area (Å²) in [5, 5.41) is 10.3. The van der Waals surface area contributed by atoms with E-state index in [1.807, 2.05) is 30.0 Å². The number of aryl methyl sites for hydroxylation is 1. The summed E-state index contributed by atoms with van der Waals surface area (Å²) < 4.78 is 11.4. The number of allylic oxidation sites excluding steroid dienone is 2. The van der Waals surface area contributed by atoms with E-state index in [1.54, 1.807) is 7.11 Å². The Balaban J connectivity index is 1.49. The van der Waals surface area contributed by atoms with Crippen LogP contribution in [0.2, 0.25) is 0 Å². The van der Waals surface area contributed by atoms with Gasteiger partial charge in [-0.3, -0.25) is 4.90 Å². The first kappa shape index (κ1) is 20.5. The number of hydrogen-bond acceptors (Lipinski definition) is 5. The highest BCUT2D eigenvalue weighted by Gasteiger charge is 2.16. The standard InChI is InChI=1S/C22H31NO3S/c1-25-21-7-4-5-18(15-21)9-10-19-6-2-3-8-22(19)26-17-20(24)16-23-11-13-27-14-12-23/h2-6,8,15,20-21,24H,7,9-14,16-17H2,1H3/t20-,21?/m0/s1. The fourth-order valence-electron chi connectivity index (χ4n) is 3.50. The number of para-hydroxylation sites is 1. The van der Waals surface area contributed by atoms with Crippen LogP contribution in [0.3, 0.4) is 0 Å². The predicted octanol–water partition coefficient (Wildman–Crippen LogP) is 3.31. The van der Waals surface area contributed by atoms with E-state index in [1.165, 1.54) is 11.1 Å². The molecule has 1 saturated heterocycles. The molecule has 3 rings (SSSR count). The number of nitrogens with zero attached hydrogens (tertiary/aromatic N) is 1. The molecule has 1 N–H and O–H groups in total. The van der Waals surface area contributed by atoms with Gasteiger partial charge in [-0.25, -0.2) is 0 Å². The van der Waals surface area contributed by atoms with Crippen LogP contribution in [0.5, 0.6) is 5.75 Å². The number of hydrogen-bond donors (Lipinski definition) is 1. The Hall–Kier alpha value is -1.27. The summed E-state index contributed by atoms with van der Waals surface area (Å²) in [6, 6.07) is 8.16. The van der Waals surface area contributed by atoms with Gasteiger partial charge in [-0.1, -0.05) is 36.4 Å². The van der Waals surface area contributed by atoms with Gasteiger partial charge in [-0.05, 0) is 36.5 Å². The fourth-order valence-corrected chi connectivity index (χ4v) is 4.48. The second-order valence-corrected chi connectivity index (χ2v) is 8.36. The van der Waals surface area contributed by atoms with Crippen molar-refractivity contribution in [3.63, 3.8) is 0 Å². The van der Waals surface area contributed by atoms with E-state index in [2.05, 4.69) is 29.2 Å². The van der Waals surface area contributed by atoms with Crippen LogP contribution in [0, 0.1) is 0 Å². The van der Waals surface area contributed by atoms with Crippen LogP contribution >= 0.6 is 11.8 Å². The second kappa shape index (κ2) is 10.9. The van der Waals surface area contributed by atoms with E-state index in [9.17, 15) is 5.11 Å². The lowest BCUT2D eigenvalue weighted by molar-refractivity contribution is 0.0712. The van der Waals surface area contributed by atoms with E-state index in [0.717, 1.165) is 49.6 Å². The van der Waals surface area contributed by atoms with Crippen molar-refractivity contribution in [1.29, 1.82) is 0 Å². The van der Waals surface area contributed by atoms with E-state index in [-0.39, 0.29) is 6.10 Å². The Morgan fingerprint density at radius 2 is 2.04 bits per heavy atom. The quantitative estimate of drug-likeness (QED) is 0.702. The van der Waals surface area contributed by atoms with Gasteiger partial charge in [0.05, 0.1) is 6.10 Å². The zero-order chi connectivity index (χ0) is 18.9. The first-order chi connectivity index (χ1) is 13.2. The summed E-state index contributed by atoms with van der Waals surface area (Å²) in [5.41, 5.74) is 2.50. The topological polar surface area (TPSA) is 41.9 Å². The zero-order valence-electron chi connectivity index (χ0n) is 16.2. The van der Waals surface area contributed by atoms with E-state index in [0.29, 0.717) is 13.2 Å². The first-order valence-corrected chi connectivity index (χ1v) is 11.0. The molecule has 0 spiro atoms. The molecule has 27 heavy (non-hydrogen) atoms. The van der Waals surface area contributed by atoms with Gasteiger partial charge in [0.25, 0.3) is 0 Å². The third-order valence-corrected chi connectivity index (χ3v) is 6.01. The Bertz CT molecular complexity index is 640. The Morgan fingerprint density at radius 1 is 1.22 bits per heavy atom. The van der Waals surface area contributed by atoms with Gasteiger partial charge in [0.15, 0.2) is 0 Å². The SMILES string of the molecule is COC1C=C(CCc2ccccc2OC[C@@H](O)CN2CCSCC2)C=CC1. The summed E-state index contributed by atoms with van der Waals surface area (Å²) in [7, 11) is 1.76. The summed E-state index contributed by atoms with van der Waals surface area (Å²) in [6.07, 6.45) is 9.17. The molecule has 1 aromatic carbocycles. The van der Waals surface area contributed by atoms with E-state index >= 15 is 0 Å². The van der Waals surface area contributed by atoms with Crippen LogP contribution in [-0.2, 0) is 11.2 Å². The second-order valence-electron chi connectivity index (χ2n) is 7.14. The first-order valence-electron chi connectivity index (χ1n) is 9.83. The highest BCUT2D eigenvalue weighted by molar-refractivity contribution is 7.99. The molecule has 0 saturated carbocycles. The molecule has 5 heteroatoms. The van der Waals surface area contributed by atoms with E-state index < -0.39 is 6.10 Å². The van der Waals surface area contributed by atoms with Gasteiger partial charge in [-0.15, -0.1) is 0 Å². The number of β-amino-alcohol motifs (C(OH)–C–C–N with tert-alkyl or cyclic N) is 1. The molecule has 1 heterocycles. The Morgan fingerprint density at radius 3 is 2.85 bits per heavy atom. The van der Waals surface area contributed by atoms with Crippen molar-refractivity contribution in [2.75, 3.05) is 44.9 Å². The Kier molecular flexibility index (Phi) is 8.27. The maximum Gasteiger partial charge on any atom is 0.122 e. The minimum atomic E-state index is -0.451. The number of aliphatic hydroxyl groups excluding tert-OH is 1. The molecular formula is C22H31NO3S. The van der Waals surface area contributed by atoms with Gasteiger partial charge in [-0.2, -0.15) is 11.8 Å². The smallest absolute Gasteiger partial charge is 0.122 e. The monoisotopic (exact) mass is 389 g/mol. The molecule has 0 aromatic heterocycles. The summed E-state index contributed by atoms with van der Waals surface area (Å²) in [6.45, 7) is 3.15. The number of methoxy groups -OCH3 is 1. The van der Waals surface area contributed by atoms with Crippen molar-refractivity contribution in [1.82, 2.24) is 4.90 Å². The third kappa shape index (κ3) is 6.68. The van der Waals surface area contributed by atoms with Crippen LogP contribution in [0.15, 0.2) is 48.1 Å². The molecule has 1 aliphatic carbocycles. The number of ether oxygens (including phenoxy) is 2. The molecule has 2 atom stereocenters. The highest BCUT2D eigenvalue weighted by Crippen LogP contribution is 2.24. The van der Waals surface area contributed by atoms with Crippen molar-refractivity contribution < 1.29 is 14.6 Å². The third-order valence-electron chi connectivity index (χ3n) is 5.06. The molecule has 0 amide bonds. The lowest BCUT2D eigenvalue weighted by Gasteiger charge is -2.28. The largest absolute Gasteiger partial charge is 0.491 e. The fraction of sp³-hybridized carbons (Fsp3) is 0.545. The molecule has 1 fully saturated rings. The molecule has 0 radical (unpaired) electrons. The maximum atomic E-state index is 10.3. The predicted molar refractivity (Wildman–Crippen MR) is 113 cm³/mol. The van der Waals surface area contributed by atoms with Gasteiger partial charge in [0.1, 0.15) is 18.5 Å². The average molecular weight is 390 g/mol. The summed E-state index contributed by atoms with van der Waals surface area (Å²) in [5.74, 6) is 3.20. The highest BCUT2D eigenvalue weighted by atomic mass is 32.2. The van der Waals surface area contributed by atoms with Crippen LogP contribution in [0.25, 0.3) is 0 Å². The van der Waals surface area contributed by atoms with Gasteiger partial charge in [0, 0.05) is 38.2 Å². The van der Waals surface area contributed by atoms with Crippen LogP contribution < -0.4 is 4.74 Å². The van der Waals surface area contributed by atoms with Crippen molar-refractivity contribution in [2.24, 2.45) is 0 Å². The molecule has 1 unspecified atom stereocenters.